The van der Waals surface area contributed by atoms with Crippen LogP contribution in [0.2, 0.25) is 0 Å². The van der Waals surface area contributed by atoms with E-state index in [1.165, 1.54) is 0 Å². The minimum absolute atomic E-state index is 0.0350. The summed E-state index contributed by atoms with van der Waals surface area (Å²) in [5.41, 5.74) is 1.74. The van der Waals surface area contributed by atoms with Gasteiger partial charge < -0.3 is 10.1 Å². The average Bonchev–Trinajstić information content (AvgIpc) is 2.17. The van der Waals surface area contributed by atoms with Gasteiger partial charge in [-0.2, -0.15) is 0 Å². The van der Waals surface area contributed by atoms with Crippen LogP contribution in [-0.2, 0) is 6.42 Å². The number of rotatable bonds is 2. The number of amides is 1. The Labute approximate surface area is 96.9 Å². The van der Waals surface area contributed by atoms with Crippen LogP contribution in [0.15, 0.2) is 16.6 Å². The van der Waals surface area contributed by atoms with Gasteiger partial charge in [0.2, 0.25) is 0 Å². The van der Waals surface area contributed by atoms with Crippen LogP contribution in [0.4, 0.5) is 0 Å². The van der Waals surface area contributed by atoms with Crippen molar-refractivity contribution in [1.82, 2.24) is 5.32 Å². The molecule has 0 aromatic heterocycles. The number of benzene rings is 1. The maximum absolute atomic E-state index is 11.7. The first-order valence-corrected chi connectivity index (χ1v) is 5.75. The maximum atomic E-state index is 11.7. The van der Waals surface area contributed by atoms with Gasteiger partial charge in [0.1, 0.15) is 5.75 Å². The van der Waals surface area contributed by atoms with E-state index in [0.717, 1.165) is 16.5 Å². The molecule has 4 heteroatoms. The summed E-state index contributed by atoms with van der Waals surface area (Å²) in [6.45, 7) is 3.18. The predicted octanol–water partition coefficient (Wildman–Crippen LogP) is 2.13. The lowest BCUT2D eigenvalue weighted by molar-refractivity contribution is 0.0942. The summed E-state index contributed by atoms with van der Waals surface area (Å²) in [5, 5.41) is 2.82. The molecule has 3 nitrogen and oxygen atoms in total. The fourth-order valence-corrected chi connectivity index (χ4v) is 2.24. The molecule has 0 aliphatic carbocycles. The summed E-state index contributed by atoms with van der Waals surface area (Å²) in [6.07, 6.45) is 0.862. The van der Waals surface area contributed by atoms with Gasteiger partial charge in [-0.1, -0.05) is 15.9 Å². The number of carbonyl (C=O) groups excluding carboxylic acids is 1. The van der Waals surface area contributed by atoms with E-state index < -0.39 is 0 Å². The van der Waals surface area contributed by atoms with Gasteiger partial charge in [0, 0.05) is 11.0 Å². The molecule has 1 aromatic carbocycles. The molecule has 15 heavy (non-hydrogen) atoms. The molecule has 0 spiro atoms. The van der Waals surface area contributed by atoms with E-state index in [4.69, 9.17) is 4.74 Å². The number of halogens is 1. The second kappa shape index (κ2) is 4.23. The standard InChI is InChI=1S/C11H12BrNO2/c1-2-15-9-6-8(12)5-7-3-4-13-11(14)10(7)9/h5-6H,2-4H2,1H3,(H,13,14). The zero-order valence-corrected chi connectivity index (χ0v) is 10.1. The van der Waals surface area contributed by atoms with Crippen LogP contribution in [-0.4, -0.2) is 19.1 Å². The van der Waals surface area contributed by atoms with E-state index in [0.29, 0.717) is 24.5 Å². The number of hydrogen-bond acceptors (Lipinski definition) is 2. The summed E-state index contributed by atoms with van der Waals surface area (Å²) in [5.74, 6) is 0.631. The van der Waals surface area contributed by atoms with Crippen LogP contribution in [0.25, 0.3) is 0 Å². The lowest BCUT2D eigenvalue weighted by atomic mass is 9.99. The minimum atomic E-state index is -0.0350. The number of fused-ring (bicyclic) bond motifs is 1. The Morgan fingerprint density at radius 3 is 3.07 bits per heavy atom. The Kier molecular flexibility index (Phi) is 2.95. The lowest BCUT2D eigenvalue weighted by Crippen LogP contribution is -2.32. The Hall–Kier alpha value is -1.03. The van der Waals surface area contributed by atoms with Gasteiger partial charge >= 0.3 is 0 Å². The SMILES string of the molecule is CCOc1cc(Br)cc2c1C(=O)NCC2. The third kappa shape index (κ3) is 2.00. The summed E-state index contributed by atoms with van der Waals surface area (Å²) in [7, 11) is 0. The molecule has 0 radical (unpaired) electrons. The highest BCUT2D eigenvalue weighted by atomic mass is 79.9. The summed E-state index contributed by atoms with van der Waals surface area (Å²) in [6, 6.07) is 3.82. The number of hydrogen-bond donors (Lipinski definition) is 1. The van der Waals surface area contributed by atoms with Gasteiger partial charge in [0.25, 0.3) is 5.91 Å². The number of carbonyl (C=O) groups is 1. The second-order valence-electron chi connectivity index (χ2n) is 3.38. The van der Waals surface area contributed by atoms with Gasteiger partial charge in [0.05, 0.1) is 12.2 Å². The first-order chi connectivity index (χ1) is 7.22. The highest BCUT2D eigenvalue weighted by Crippen LogP contribution is 2.29. The fourth-order valence-electron chi connectivity index (χ4n) is 1.76. The molecule has 1 heterocycles. The molecule has 1 aliphatic rings. The van der Waals surface area contributed by atoms with E-state index >= 15 is 0 Å². The van der Waals surface area contributed by atoms with E-state index in [1.807, 2.05) is 19.1 Å². The molecule has 0 bridgehead atoms. The predicted molar refractivity (Wildman–Crippen MR) is 61.3 cm³/mol. The van der Waals surface area contributed by atoms with Crippen molar-refractivity contribution in [3.8, 4) is 5.75 Å². The molecule has 2 rings (SSSR count). The molecular weight excluding hydrogens is 258 g/mol. The molecule has 1 amide bonds. The van der Waals surface area contributed by atoms with Crippen molar-refractivity contribution in [2.45, 2.75) is 13.3 Å². The maximum Gasteiger partial charge on any atom is 0.255 e. The summed E-state index contributed by atoms with van der Waals surface area (Å²) in [4.78, 5) is 11.7. The zero-order valence-electron chi connectivity index (χ0n) is 8.47. The van der Waals surface area contributed by atoms with Crippen LogP contribution < -0.4 is 10.1 Å². The van der Waals surface area contributed by atoms with Gasteiger partial charge in [0.15, 0.2) is 0 Å². The van der Waals surface area contributed by atoms with E-state index in [1.54, 1.807) is 0 Å². The van der Waals surface area contributed by atoms with Crippen molar-refractivity contribution in [2.75, 3.05) is 13.2 Å². The fraction of sp³-hybridized carbons (Fsp3) is 0.364. The molecule has 1 aromatic rings. The number of nitrogens with one attached hydrogen (secondary N) is 1. The minimum Gasteiger partial charge on any atom is -0.493 e. The van der Waals surface area contributed by atoms with Crippen LogP contribution in [0, 0.1) is 0 Å². The summed E-state index contributed by atoms with van der Waals surface area (Å²) >= 11 is 3.42. The zero-order chi connectivity index (χ0) is 10.8. The first-order valence-electron chi connectivity index (χ1n) is 4.95. The smallest absolute Gasteiger partial charge is 0.255 e. The second-order valence-corrected chi connectivity index (χ2v) is 4.29. The van der Waals surface area contributed by atoms with Gasteiger partial charge in [-0.05, 0) is 31.0 Å². The molecular formula is C11H12BrNO2. The molecule has 0 saturated heterocycles. The van der Waals surface area contributed by atoms with Gasteiger partial charge in [-0.3, -0.25) is 4.79 Å². The first kappa shape index (κ1) is 10.5. The van der Waals surface area contributed by atoms with Gasteiger partial charge in [-0.15, -0.1) is 0 Å². The van der Waals surface area contributed by atoms with Crippen molar-refractivity contribution in [1.29, 1.82) is 0 Å². The quantitative estimate of drug-likeness (QED) is 0.894. The molecule has 0 atom stereocenters. The Balaban J connectivity index is 2.53. The van der Waals surface area contributed by atoms with Crippen LogP contribution in [0.3, 0.4) is 0 Å². The topological polar surface area (TPSA) is 38.3 Å². The molecule has 0 saturated carbocycles. The molecule has 0 fully saturated rings. The van der Waals surface area contributed by atoms with Crippen molar-refractivity contribution in [2.24, 2.45) is 0 Å². The normalized spacial score (nSPS) is 14.4. The third-order valence-corrected chi connectivity index (χ3v) is 2.81. The highest BCUT2D eigenvalue weighted by Gasteiger charge is 2.21. The molecule has 1 N–H and O–H groups in total. The summed E-state index contributed by atoms with van der Waals surface area (Å²) < 4.78 is 6.42. The highest BCUT2D eigenvalue weighted by molar-refractivity contribution is 9.10. The van der Waals surface area contributed by atoms with E-state index in [2.05, 4.69) is 21.2 Å². The van der Waals surface area contributed by atoms with E-state index in [9.17, 15) is 4.79 Å². The van der Waals surface area contributed by atoms with Crippen LogP contribution in [0.1, 0.15) is 22.8 Å². The molecule has 0 unspecified atom stereocenters. The van der Waals surface area contributed by atoms with Crippen molar-refractivity contribution >= 4 is 21.8 Å². The Morgan fingerprint density at radius 1 is 1.53 bits per heavy atom. The Bertz CT molecular complexity index is 404. The van der Waals surface area contributed by atoms with Gasteiger partial charge in [-0.25, -0.2) is 0 Å². The van der Waals surface area contributed by atoms with Crippen LogP contribution in [0.5, 0.6) is 5.75 Å². The number of ether oxygens (including phenoxy) is 1. The largest absolute Gasteiger partial charge is 0.493 e. The monoisotopic (exact) mass is 269 g/mol. The molecule has 1 aliphatic heterocycles. The third-order valence-electron chi connectivity index (χ3n) is 2.36. The van der Waals surface area contributed by atoms with Crippen molar-refractivity contribution < 1.29 is 9.53 Å². The lowest BCUT2D eigenvalue weighted by Gasteiger charge is -2.19. The van der Waals surface area contributed by atoms with Crippen molar-refractivity contribution in [3.05, 3.63) is 27.7 Å². The van der Waals surface area contributed by atoms with Crippen LogP contribution >= 0.6 is 15.9 Å². The molecule has 80 valence electrons. The van der Waals surface area contributed by atoms with Crippen molar-refractivity contribution in [3.63, 3.8) is 0 Å². The van der Waals surface area contributed by atoms with E-state index in [-0.39, 0.29) is 5.91 Å². The average molecular weight is 270 g/mol. The Morgan fingerprint density at radius 2 is 2.33 bits per heavy atom.